The normalized spacial score (nSPS) is 13.3. The standard InChI is InChI=1S/C25H20O7/c1-28-19-7-5-4-6-18(19)25(27)31-16-9-10-17-21(14-16)32-23(24(17)26)13-15-8-11-20(29-2)22(12-15)30-3/h4-14H,1-3H3. The van der Waals surface area contributed by atoms with E-state index in [0.29, 0.717) is 39.7 Å². The molecule has 0 N–H and O–H groups in total. The first-order chi connectivity index (χ1) is 15.5. The van der Waals surface area contributed by atoms with E-state index < -0.39 is 5.97 Å². The highest BCUT2D eigenvalue weighted by Crippen LogP contribution is 2.36. The van der Waals surface area contributed by atoms with Gasteiger partial charge in [0.1, 0.15) is 22.8 Å². The number of esters is 1. The second kappa shape index (κ2) is 8.85. The predicted octanol–water partition coefficient (Wildman–Crippen LogP) is 4.55. The number of ether oxygens (including phenoxy) is 5. The second-order valence-corrected chi connectivity index (χ2v) is 6.80. The van der Waals surface area contributed by atoms with E-state index in [-0.39, 0.29) is 17.3 Å². The fraction of sp³-hybridized carbons (Fsp3) is 0.120. The van der Waals surface area contributed by atoms with Crippen LogP contribution in [0, 0.1) is 0 Å². The van der Waals surface area contributed by atoms with Crippen LogP contribution in [0.2, 0.25) is 0 Å². The van der Waals surface area contributed by atoms with Crippen molar-refractivity contribution in [3.05, 3.63) is 83.1 Å². The first-order valence-electron chi connectivity index (χ1n) is 9.69. The Morgan fingerprint density at radius 3 is 2.34 bits per heavy atom. The summed E-state index contributed by atoms with van der Waals surface area (Å²) < 4.78 is 26.9. The number of benzene rings is 3. The maximum Gasteiger partial charge on any atom is 0.347 e. The predicted molar refractivity (Wildman–Crippen MR) is 117 cm³/mol. The molecule has 1 heterocycles. The minimum atomic E-state index is -0.576. The average Bonchev–Trinajstić information content (AvgIpc) is 3.13. The topological polar surface area (TPSA) is 80.3 Å². The molecule has 0 aromatic heterocycles. The van der Waals surface area contributed by atoms with Crippen molar-refractivity contribution in [2.24, 2.45) is 0 Å². The third-order valence-electron chi connectivity index (χ3n) is 4.88. The highest BCUT2D eigenvalue weighted by Gasteiger charge is 2.28. The van der Waals surface area contributed by atoms with Crippen molar-refractivity contribution in [2.75, 3.05) is 21.3 Å². The molecule has 7 heteroatoms. The van der Waals surface area contributed by atoms with Gasteiger partial charge in [-0.3, -0.25) is 4.79 Å². The van der Waals surface area contributed by atoms with E-state index in [1.165, 1.54) is 20.3 Å². The monoisotopic (exact) mass is 432 g/mol. The van der Waals surface area contributed by atoms with Crippen molar-refractivity contribution in [3.8, 4) is 28.7 Å². The summed E-state index contributed by atoms with van der Waals surface area (Å²) in [6, 6.07) is 16.7. The lowest BCUT2D eigenvalue weighted by molar-refractivity contribution is 0.0731. The van der Waals surface area contributed by atoms with E-state index >= 15 is 0 Å². The molecule has 32 heavy (non-hydrogen) atoms. The summed E-state index contributed by atoms with van der Waals surface area (Å²) >= 11 is 0. The molecule has 3 aromatic carbocycles. The van der Waals surface area contributed by atoms with Crippen LogP contribution >= 0.6 is 0 Å². The van der Waals surface area contributed by atoms with Crippen molar-refractivity contribution < 1.29 is 33.3 Å². The van der Waals surface area contributed by atoms with Crippen LogP contribution < -0.4 is 23.7 Å². The van der Waals surface area contributed by atoms with Crippen LogP contribution in [0.1, 0.15) is 26.3 Å². The third-order valence-corrected chi connectivity index (χ3v) is 4.88. The Kier molecular flexibility index (Phi) is 5.81. The largest absolute Gasteiger partial charge is 0.496 e. The van der Waals surface area contributed by atoms with Gasteiger partial charge in [-0.2, -0.15) is 0 Å². The molecule has 3 aromatic rings. The first-order valence-corrected chi connectivity index (χ1v) is 9.69. The molecule has 0 saturated carbocycles. The molecule has 0 saturated heterocycles. The van der Waals surface area contributed by atoms with Crippen LogP contribution in [0.3, 0.4) is 0 Å². The number of Topliss-reactive ketones (excluding diaryl/α,β-unsaturated/α-hetero) is 1. The molecule has 0 spiro atoms. The molecule has 0 fully saturated rings. The van der Waals surface area contributed by atoms with Crippen LogP contribution in [0.5, 0.6) is 28.7 Å². The lowest BCUT2D eigenvalue weighted by atomic mass is 10.1. The van der Waals surface area contributed by atoms with E-state index in [9.17, 15) is 9.59 Å². The van der Waals surface area contributed by atoms with Gasteiger partial charge in [-0.1, -0.05) is 18.2 Å². The van der Waals surface area contributed by atoms with Gasteiger partial charge in [-0.15, -0.1) is 0 Å². The van der Waals surface area contributed by atoms with E-state index in [2.05, 4.69) is 0 Å². The summed E-state index contributed by atoms with van der Waals surface area (Å²) in [6.45, 7) is 0. The van der Waals surface area contributed by atoms with Gasteiger partial charge < -0.3 is 23.7 Å². The number of hydrogen-bond acceptors (Lipinski definition) is 7. The molecule has 0 radical (unpaired) electrons. The number of fused-ring (bicyclic) bond motifs is 1. The van der Waals surface area contributed by atoms with Gasteiger partial charge in [0.05, 0.1) is 26.9 Å². The van der Waals surface area contributed by atoms with Crippen molar-refractivity contribution in [2.45, 2.75) is 0 Å². The van der Waals surface area contributed by atoms with E-state index in [1.54, 1.807) is 67.8 Å². The zero-order chi connectivity index (χ0) is 22.7. The van der Waals surface area contributed by atoms with Gasteiger partial charge >= 0.3 is 5.97 Å². The zero-order valence-corrected chi connectivity index (χ0v) is 17.7. The number of methoxy groups -OCH3 is 3. The Morgan fingerprint density at radius 2 is 1.59 bits per heavy atom. The number of ketones is 1. The molecule has 4 rings (SSSR count). The van der Waals surface area contributed by atoms with Gasteiger partial charge in [0.15, 0.2) is 17.3 Å². The Hall–Kier alpha value is -4.26. The highest BCUT2D eigenvalue weighted by atomic mass is 16.5. The fourth-order valence-corrected chi connectivity index (χ4v) is 3.30. The summed E-state index contributed by atoms with van der Waals surface area (Å²) in [6.07, 6.45) is 1.62. The number of allylic oxidation sites excluding steroid dienone is 1. The zero-order valence-electron chi connectivity index (χ0n) is 17.7. The van der Waals surface area contributed by atoms with Crippen LogP contribution in [-0.2, 0) is 0 Å². The Labute approximate surface area is 184 Å². The molecular formula is C25H20O7. The second-order valence-electron chi connectivity index (χ2n) is 6.80. The van der Waals surface area contributed by atoms with Crippen molar-refractivity contribution >= 4 is 17.8 Å². The molecule has 0 bridgehead atoms. The molecule has 0 unspecified atom stereocenters. The van der Waals surface area contributed by atoms with Gasteiger partial charge in [0.2, 0.25) is 5.78 Å². The van der Waals surface area contributed by atoms with Crippen molar-refractivity contribution in [3.63, 3.8) is 0 Å². The third kappa shape index (κ3) is 4.00. The molecule has 1 aliphatic heterocycles. The summed E-state index contributed by atoms with van der Waals surface area (Å²) in [5.74, 6) is 1.40. The maximum atomic E-state index is 12.7. The van der Waals surface area contributed by atoms with E-state index in [0.717, 1.165) is 0 Å². The number of para-hydroxylation sites is 1. The number of carbonyl (C=O) groups excluding carboxylic acids is 2. The summed E-state index contributed by atoms with van der Waals surface area (Å²) in [4.78, 5) is 25.3. The molecule has 0 atom stereocenters. The minimum Gasteiger partial charge on any atom is -0.496 e. The summed E-state index contributed by atoms with van der Waals surface area (Å²) in [5.41, 5.74) is 1.39. The summed E-state index contributed by atoms with van der Waals surface area (Å²) in [7, 11) is 4.57. The van der Waals surface area contributed by atoms with Crippen molar-refractivity contribution in [1.29, 1.82) is 0 Å². The number of hydrogen-bond donors (Lipinski definition) is 0. The van der Waals surface area contributed by atoms with Crippen LogP contribution in [0.4, 0.5) is 0 Å². The molecule has 0 amide bonds. The maximum absolute atomic E-state index is 12.7. The lowest BCUT2D eigenvalue weighted by Gasteiger charge is -2.09. The Bertz CT molecular complexity index is 1230. The molecule has 7 nitrogen and oxygen atoms in total. The average molecular weight is 432 g/mol. The SMILES string of the molecule is COc1ccc(C=C2Oc3cc(OC(=O)c4ccccc4OC)ccc3C2=O)cc1OC. The number of carbonyl (C=O) groups is 2. The first kappa shape index (κ1) is 21.0. The minimum absolute atomic E-state index is 0.153. The van der Waals surface area contributed by atoms with E-state index in [4.69, 9.17) is 23.7 Å². The lowest BCUT2D eigenvalue weighted by Crippen LogP contribution is -2.10. The highest BCUT2D eigenvalue weighted by molar-refractivity contribution is 6.14. The Balaban J connectivity index is 1.56. The molecular weight excluding hydrogens is 412 g/mol. The van der Waals surface area contributed by atoms with Gasteiger partial charge in [0, 0.05) is 6.07 Å². The fourth-order valence-electron chi connectivity index (χ4n) is 3.30. The molecule has 162 valence electrons. The van der Waals surface area contributed by atoms with Crippen LogP contribution in [0.25, 0.3) is 6.08 Å². The molecule has 1 aliphatic rings. The van der Waals surface area contributed by atoms with Crippen molar-refractivity contribution in [1.82, 2.24) is 0 Å². The number of rotatable bonds is 6. The smallest absolute Gasteiger partial charge is 0.347 e. The van der Waals surface area contributed by atoms with Crippen LogP contribution in [-0.4, -0.2) is 33.1 Å². The van der Waals surface area contributed by atoms with Gasteiger partial charge in [-0.05, 0) is 48.0 Å². The molecule has 0 aliphatic carbocycles. The van der Waals surface area contributed by atoms with Gasteiger partial charge in [0.25, 0.3) is 0 Å². The Morgan fingerprint density at radius 1 is 0.844 bits per heavy atom. The summed E-state index contributed by atoms with van der Waals surface area (Å²) in [5, 5.41) is 0. The van der Waals surface area contributed by atoms with Crippen LogP contribution in [0.15, 0.2) is 66.4 Å². The quantitative estimate of drug-likeness (QED) is 0.321. The van der Waals surface area contributed by atoms with E-state index in [1.807, 2.05) is 0 Å². The van der Waals surface area contributed by atoms with Gasteiger partial charge in [-0.25, -0.2) is 4.79 Å².